The summed E-state index contributed by atoms with van der Waals surface area (Å²) >= 11 is 0. The molecule has 0 spiro atoms. The molecule has 0 radical (unpaired) electrons. The Morgan fingerprint density at radius 2 is 1.93 bits per heavy atom. The zero-order valence-corrected chi connectivity index (χ0v) is 16.5. The van der Waals surface area contributed by atoms with Gasteiger partial charge in [-0.2, -0.15) is 0 Å². The van der Waals surface area contributed by atoms with Gasteiger partial charge in [-0.1, -0.05) is 30.3 Å². The van der Waals surface area contributed by atoms with Crippen molar-refractivity contribution < 1.29 is 9.53 Å². The molecular formula is C23H25N3O2. The van der Waals surface area contributed by atoms with Crippen LogP contribution in [0.4, 0.5) is 11.4 Å². The van der Waals surface area contributed by atoms with Crippen LogP contribution in [0, 0.1) is 6.92 Å². The molecular weight excluding hydrogens is 350 g/mol. The fourth-order valence-electron chi connectivity index (χ4n) is 3.09. The average Bonchev–Trinajstić information content (AvgIpc) is 2.73. The minimum atomic E-state index is -0.0680. The third-order valence-electron chi connectivity index (χ3n) is 4.54. The highest BCUT2D eigenvalue weighted by molar-refractivity contribution is 6.06. The Hall–Kier alpha value is -3.34. The molecule has 3 aromatic rings. The summed E-state index contributed by atoms with van der Waals surface area (Å²) in [4.78, 5) is 19.1. The third-order valence-corrected chi connectivity index (χ3v) is 4.54. The molecule has 5 nitrogen and oxygen atoms in total. The molecule has 0 fully saturated rings. The molecule has 5 heteroatoms. The molecule has 0 aliphatic rings. The van der Waals surface area contributed by atoms with Gasteiger partial charge < -0.3 is 15.0 Å². The molecule has 0 unspecified atom stereocenters. The van der Waals surface area contributed by atoms with Crippen molar-refractivity contribution in [2.75, 3.05) is 23.9 Å². The molecule has 0 aliphatic heterocycles. The Kier molecular flexibility index (Phi) is 6.27. The maximum absolute atomic E-state index is 13.1. The summed E-state index contributed by atoms with van der Waals surface area (Å²) in [6.45, 7) is 5.16. The van der Waals surface area contributed by atoms with E-state index in [4.69, 9.17) is 4.74 Å². The normalized spacial score (nSPS) is 10.4. The van der Waals surface area contributed by atoms with E-state index >= 15 is 0 Å². The molecule has 0 aliphatic carbocycles. The summed E-state index contributed by atoms with van der Waals surface area (Å²) in [7, 11) is 1.66. The first-order valence-corrected chi connectivity index (χ1v) is 9.31. The molecule has 1 heterocycles. The standard InChI is InChI=1S/C23H25N3O2/c1-4-26(21-10-7-8-17(2)12-21)23(27)19-13-20(16-24-14-19)25-15-18-9-5-6-11-22(18)28-3/h5-14,16,25H,4,15H2,1-3H3. The fourth-order valence-corrected chi connectivity index (χ4v) is 3.09. The summed E-state index contributed by atoms with van der Waals surface area (Å²) in [6.07, 6.45) is 3.32. The lowest BCUT2D eigenvalue weighted by Crippen LogP contribution is -2.30. The molecule has 144 valence electrons. The average molecular weight is 375 g/mol. The van der Waals surface area contributed by atoms with Crippen molar-refractivity contribution in [2.24, 2.45) is 0 Å². The maximum atomic E-state index is 13.1. The number of ether oxygens (including phenoxy) is 1. The third kappa shape index (κ3) is 4.49. The number of aromatic nitrogens is 1. The van der Waals surface area contributed by atoms with E-state index in [-0.39, 0.29) is 5.91 Å². The van der Waals surface area contributed by atoms with Crippen LogP contribution < -0.4 is 15.0 Å². The van der Waals surface area contributed by atoms with Gasteiger partial charge in [-0.15, -0.1) is 0 Å². The first-order chi connectivity index (χ1) is 13.6. The van der Waals surface area contributed by atoms with Crippen molar-refractivity contribution in [3.8, 4) is 5.75 Å². The number of para-hydroxylation sites is 1. The van der Waals surface area contributed by atoms with Crippen molar-refractivity contribution in [3.63, 3.8) is 0 Å². The lowest BCUT2D eigenvalue weighted by Gasteiger charge is -2.21. The van der Waals surface area contributed by atoms with E-state index in [1.165, 1.54) is 0 Å². The van der Waals surface area contributed by atoms with E-state index < -0.39 is 0 Å². The number of pyridine rings is 1. The van der Waals surface area contributed by atoms with Gasteiger partial charge >= 0.3 is 0 Å². The van der Waals surface area contributed by atoms with Crippen molar-refractivity contribution >= 4 is 17.3 Å². The minimum Gasteiger partial charge on any atom is -0.496 e. The highest BCUT2D eigenvalue weighted by Crippen LogP contribution is 2.21. The van der Waals surface area contributed by atoms with Crippen LogP contribution in [-0.4, -0.2) is 24.5 Å². The van der Waals surface area contributed by atoms with Crippen molar-refractivity contribution in [3.05, 3.63) is 83.7 Å². The van der Waals surface area contributed by atoms with Crippen LogP contribution in [0.5, 0.6) is 5.75 Å². The second-order valence-electron chi connectivity index (χ2n) is 6.52. The Morgan fingerprint density at radius 3 is 2.68 bits per heavy atom. The number of methoxy groups -OCH3 is 1. The van der Waals surface area contributed by atoms with E-state index in [0.717, 1.165) is 28.3 Å². The van der Waals surface area contributed by atoms with Crippen LogP contribution in [-0.2, 0) is 6.54 Å². The van der Waals surface area contributed by atoms with E-state index in [1.54, 1.807) is 24.4 Å². The number of anilines is 2. The van der Waals surface area contributed by atoms with Gasteiger partial charge in [-0.25, -0.2) is 0 Å². The Morgan fingerprint density at radius 1 is 1.11 bits per heavy atom. The second-order valence-corrected chi connectivity index (χ2v) is 6.52. The fraction of sp³-hybridized carbons (Fsp3) is 0.217. The molecule has 3 rings (SSSR count). The number of hydrogen-bond donors (Lipinski definition) is 1. The highest BCUT2D eigenvalue weighted by Gasteiger charge is 2.17. The molecule has 2 aromatic carbocycles. The van der Waals surface area contributed by atoms with Crippen LogP contribution in [0.15, 0.2) is 67.0 Å². The zero-order chi connectivity index (χ0) is 19.9. The maximum Gasteiger partial charge on any atom is 0.259 e. The summed E-state index contributed by atoms with van der Waals surface area (Å²) in [5, 5.41) is 3.32. The smallest absolute Gasteiger partial charge is 0.259 e. The highest BCUT2D eigenvalue weighted by atomic mass is 16.5. The van der Waals surface area contributed by atoms with Crippen LogP contribution >= 0.6 is 0 Å². The van der Waals surface area contributed by atoms with Gasteiger partial charge in [0.15, 0.2) is 0 Å². The SMILES string of the molecule is CCN(C(=O)c1cncc(NCc2ccccc2OC)c1)c1cccc(C)c1. The number of hydrogen-bond acceptors (Lipinski definition) is 4. The lowest BCUT2D eigenvalue weighted by atomic mass is 10.1. The number of carbonyl (C=O) groups is 1. The summed E-state index contributed by atoms with van der Waals surface area (Å²) < 4.78 is 5.38. The quantitative estimate of drug-likeness (QED) is 0.652. The molecule has 0 saturated carbocycles. The van der Waals surface area contributed by atoms with Crippen molar-refractivity contribution in [1.82, 2.24) is 4.98 Å². The van der Waals surface area contributed by atoms with Crippen LogP contribution in [0.2, 0.25) is 0 Å². The first kappa shape index (κ1) is 19.4. The molecule has 1 N–H and O–H groups in total. The van der Waals surface area contributed by atoms with Gasteiger partial charge in [0, 0.05) is 36.7 Å². The van der Waals surface area contributed by atoms with Gasteiger partial charge in [-0.05, 0) is 43.7 Å². The number of benzene rings is 2. The van der Waals surface area contributed by atoms with Gasteiger partial charge in [0.25, 0.3) is 5.91 Å². The van der Waals surface area contributed by atoms with Crippen LogP contribution in [0.1, 0.15) is 28.4 Å². The van der Waals surface area contributed by atoms with E-state index in [0.29, 0.717) is 18.7 Å². The molecule has 1 amide bonds. The predicted octanol–water partition coefficient (Wildman–Crippen LogP) is 4.68. The van der Waals surface area contributed by atoms with Gasteiger partial charge in [0.05, 0.1) is 18.4 Å². The van der Waals surface area contributed by atoms with Crippen molar-refractivity contribution in [1.29, 1.82) is 0 Å². The Balaban J connectivity index is 1.77. The van der Waals surface area contributed by atoms with Crippen LogP contribution in [0.25, 0.3) is 0 Å². The van der Waals surface area contributed by atoms with Gasteiger partial charge in [0.2, 0.25) is 0 Å². The molecule has 0 bridgehead atoms. The lowest BCUT2D eigenvalue weighted by molar-refractivity contribution is 0.0988. The van der Waals surface area contributed by atoms with E-state index in [1.807, 2.05) is 68.4 Å². The second kappa shape index (κ2) is 9.04. The number of rotatable bonds is 7. The monoisotopic (exact) mass is 375 g/mol. The first-order valence-electron chi connectivity index (χ1n) is 9.31. The van der Waals surface area contributed by atoms with Crippen LogP contribution in [0.3, 0.4) is 0 Å². The predicted molar refractivity (Wildman–Crippen MR) is 113 cm³/mol. The Bertz CT molecular complexity index is 956. The topological polar surface area (TPSA) is 54.5 Å². The summed E-state index contributed by atoms with van der Waals surface area (Å²) in [6, 6.07) is 17.6. The largest absolute Gasteiger partial charge is 0.496 e. The molecule has 1 aromatic heterocycles. The van der Waals surface area contributed by atoms with Gasteiger partial charge in [-0.3, -0.25) is 9.78 Å². The number of amides is 1. The molecule has 0 atom stereocenters. The zero-order valence-electron chi connectivity index (χ0n) is 16.5. The summed E-state index contributed by atoms with van der Waals surface area (Å²) in [5.41, 5.74) is 4.39. The number of aryl methyl sites for hydroxylation is 1. The molecule has 0 saturated heterocycles. The minimum absolute atomic E-state index is 0.0680. The number of nitrogens with one attached hydrogen (secondary N) is 1. The van der Waals surface area contributed by atoms with Crippen molar-refractivity contribution in [2.45, 2.75) is 20.4 Å². The Labute approximate surface area is 166 Å². The number of nitrogens with zero attached hydrogens (tertiary/aromatic N) is 2. The molecule has 28 heavy (non-hydrogen) atoms. The summed E-state index contributed by atoms with van der Waals surface area (Å²) in [5.74, 6) is 0.758. The van der Waals surface area contributed by atoms with E-state index in [2.05, 4.69) is 10.3 Å². The van der Waals surface area contributed by atoms with Gasteiger partial charge in [0.1, 0.15) is 5.75 Å². The van der Waals surface area contributed by atoms with E-state index in [9.17, 15) is 4.79 Å². The number of carbonyl (C=O) groups excluding carboxylic acids is 1.